The second-order valence-corrected chi connectivity index (χ2v) is 6.82. The van der Waals surface area contributed by atoms with E-state index >= 15 is 0 Å². The Labute approximate surface area is 143 Å². The molecule has 4 heterocycles. The van der Waals surface area contributed by atoms with E-state index in [1.165, 1.54) is 10.3 Å². The third kappa shape index (κ3) is 2.03. The Morgan fingerprint density at radius 2 is 2.17 bits per heavy atom. The average Bonchev–Trinajstić information content (AvgIpc) is 3.29. The number of benzene rings is 1. The molecule has 0 bridgehead atoms. The van der Waals surface area contributed by atoms with Gasteiger partial charge in [-0.2, -0.15) is 0 Å². The minimum Gasteiger partial charge on any atom is -0.368 e. The fourth-order valence-electron chi connectivity index (χ4n) is 3.25. The maximum atomic E-state index is 4.78. The number of fused-ring (bicyclic) bond motifs is 2. The van der Waals surface area contributed by atoms with Crippen LogP contribution in [0, 0.1) is 6.92 Å². The van der Waals surface area contributed by atoms with Crippen molar-refractivity contribution in [2.24, 2.45) is 0 Å². The summed E-state index contributed by atoms with van der Waals surface area (Å²) in [4.78, 5) is 9.03. The Morgan fingerprint density at radius 1 is 1.21 bits per heavy atom. The lowest BCUT2D eigenvalue weighted by atomic mass is 10.1. The molecular formula is C18H15N5S. The quantitative estimate of drug-likeness (QED) is 0.606. The average molecular weight is 333 g/mol. The lowest BCUT2D eigenvalue weighted by Gasteiger charge is -2.09. The zero-order valence-electron chi connectivity index (χ0n) is 13.2. The van der Waals surface area contributed by atoms with Crippen molar-refractivity contribution in [2.45, 2.75) is 13.3 Å². The number of hydrogen-bond donors (Lipinski definition) is 1. The molecule has 1 aliphatic heterocycles. The maximum Gasteiger partial charge on any atom is 0.154 e. The molecule has 0 radical (unpaired) electrons. The Balaban J connectivity index is 1.77. The highest BCUT2D eigenvalue weighted by Crippen LogP contribution is 2.36. The fourth-order valence-corrected chi connectivity index (χ4v) is 3.96. The zero-order chi connectivity index (χ0) is 16.1. The SMILES string of the molecule is Cc1cccc(-n2nc3c(c2-c2ccc4ncsc4c2)CCN3)n1. The molecule has 0 unspecified atom stereocenters. The number of pyridine rings is 1. The molecule has 24 heavy (non-hydrogen) atoms. The van der Waals surface area contributed by atoms with Crippen molar-refractivity contribution >= 4 is 27.4 Å². The molecule has 0 fully saturated rings. The van der Waals surface area contributed by atoms with Gasteiger partial charge in [-0.05, 0) is 37.6 Å². The van der Waals surface area contributed by atoms with Crippen LogP contribution >= 0.6 is 11.3 Å². The van der Waals surface area contributed by atoms with Crippen molar-refractivity contribution < 1.29 is 0 Å². The number of rotatable bonds is 2. The summed E-state index contributed by atoms with van der Waals surface area (Å²) in [5, 5.41) is 8.15. The number of aryl methyl sites for hydroxylation is 1. The second kappa shape index (κ2) is 5.14. The molecule has 0 amide bonds. The van der Waals surface area contributed by atoms with Crippen LogP contribution in [0.5, 0.6) is 0 Å². The standard InChI is InChI=1S/C18H15N5S/c1-11-3-2-4-16(21-11)23-17(13-7-8-19-18(13)22-23)12-5-6-14-15(9-12)24-10-20-14/h2-6,9-10H,7-8H2,1H3,(H,19,22). The van der Waals surface area contributed by atoms with Crippen molar-refractivity contribution in [1.82, 2.24) is 19.7 Å². The van der Waals surface area contributed by atoms with Gasteiger partial charge in [-0.25, -0.2) is 14.6 Å². The molecule has 0 aliphatic carbocycles. The van der Waals surface area contributed by atoms with E-state index in [0.29, 0.717) is 0 Å². The van der Waals surface area contributed by atoms with Gasteiger partial charge >= 0.3 is 0 Å². The molecule has 5 rings (SSSR count). The largest absolute Gasteiger partial charge is 0.368 e. The highest BCUT2D eigenvalue weighted by molar-refractivity contribution is 7.16. The van der Waals surface area contributed by atoms with Crippen molar-refractivity contribution in [3.63, 3.8) is 0 Å². The number of anilines is 1. The molecule has 3 aromatic heterocycles. The van der Waals surface area contributed by atoms with Gasteiger partial charge in [0.15, 0.2) is 11.6 Å². The van der Waals surface area contributed by atoms with E-state index in [-0.39, 0.29) is 0 Å². The van der Waals surface area contributed by atoms with Gasteiger partial charge in [0.1, 0.15) is 0 Å². The van der Waals surface area contributed by atoms with E-state index in [1.807, 2.05) is 35.3 Å². The fraction of sp³-hybridized carbons (Fsp3) is 0.167. The number of thiazole rings is 1. The zero-order valence-corrected chi connectivity index (χ0v) is 14.0. The first kappa shape index (κ1) is 13.7. The van der Waals surface area contributed by atoms with Crippen LogP contribution in [0.25, 0.3) is 27.3 Å². The maximum absolute atomic E-state index is 4.78. The third-order valence-electron chi connectivity index (χ3n) is 4.35. The highest BCUT2D eigenvalue weighted by Gasteiger charge is 2.24. The van der Waals surface area contributed by atoms with Gasteiger partial charge in [0.05, 0.1) is 21.4 Å². The minimum absolute atomic E-state index is 0.852. The number of nitrogens with zero attached hydrogens (tertiary/aromatic N) is 4. The van der Waals surface area contributed by atoms with E-state index in [0.717, 1.165) is 47.1 Å². The topological polar surface area (TPSA) is 55.6 Å². The van der Waals surface area contributed by atoms with Gasteiger partial charge < -0.3 is 5.32 Å². The Morgan fingerprint density at radius 3 is 3.08 bits per heavy atom. The van der Waals surface area contributed by atoms with Crippen LogP contribution in [-0.4, -0.2) is 26.3 Å². The Kier molecular flexibility index (Phi) is 2.93. The first-order chi connectivity index (χ1) is 11.8. The predicted octanol–water partition coefficient (Wildman–Crippen LogP) is 3.82. The molecule has 0 saturated heterocycles. The number of nitrogens with one attached hydrogen (secondary N) is 1. The van der Waals surface area contributed by atoms with Crippen molar-refractivity contribution in [3.05, 3.63) is 53.2 Å². The van der Waals surface area contributed by atoms with E-state index in [4.69, 9.17) is 5.10 Å². The number of hydrogen-bond acceptors (Lipinski definition) is 5. The molecule has 1 N–H and O–H groups in total. The van der Waals surface area contributed by atoms with E-state index in [2.05, 4.69) is 33.5 Å². The van der Waals surface area contributed by atoms with Gasteiger partial charge in [-0.1, -0.05) is 12.1 Å². The first-order valence-electron chi connectivity index (χ1n) is 7.93. The van der Waals surface area contributed by atoms with Crippen LogP contribution in [0.1, 0.15) is 11.3 Å². The van der Waals surface area contributed by atoms with Crippen molar-refractivity contribution in [1.29, 1.82) is 0 Å². The van der Waals surface area contributed by atoms with Crippen LogP contribution in [0.4, 0.5) is 5.82 Å². The Hall–Kier alpha value is -2.73. The minimum atomic E-state index is 0.852. The summed E-state index contributed by atoms with van der Waals surface area (Å²) >= 11 is 1.66. The molecule has 1 aromatic carbocycles. The molecule has 1 aliphatic rings. The molecule has 0 spiro atoms. The monoisotopic (exact) mass is 333 g/mol. The normalized spacial score (nSPS) is 13.2. The molecule has 6 heteroatoms. The lowest BCUT2D eigenvalue weighted by Crippen LogP contribution is -2.06. The van der Waals surface area contributed by atoms with Gasteiger partial charge in [0.2, 0.25) is 0 Å². The lowest BCUT2D eigenvalue weighted by molar-refractivity contribution is 0.842. The molecule has 118 valence electrons. The van der Waals surface area contributed by atoms with Crippen LogP contribution in [0.15, 0.2) is 41.9 Å². The number of aromatic nitrogens is 4. The third-order valence-corrected chi connectivity index (χ3v) is 5.14. The second-order valence-electron chi connectivity index (χ2n) is 5.94. The summed E-state index contributed by atoms with van der Waals surface area (Å²) in [5.41, 5.74) is 7.47. The molecule has 5 nitrogen and oxygen atoms in total. The van der Waals surface area contributed by atoms with Crippen molar-refractivity contribution in [2.75, 3.05) is 11.9 Å². The van der Waals surface area contributed by atoms with Gasteiger partial charge in [-0.3, -0.25) is 0 Å². The van der Waals surface area contributed by atoms with E-state index < -0.39 is 0 Å². The molecule has 4 aromatic rings. The molecular weight excluding hydrogens is 318 g/mol. The van der Waals surface area contributed by atoms with Crippen LogP contribution in [0.3, 0.4) is 0 Å². The van der Waals surface area contributed by atoms with Gasteiger partial charge in [0, 0.05) is 23.4 Å². The van der Waals surface area contributed by atoms with Gasteiger partial charge in [0.25, 0.3) is 0 Å². The summed E-state index contributed by atoms with van der Waals surface area (Å²) in [7, 11) is 0. The summed E-state index contributed by atoms with van der Waals surface area (Å²) in [6, 6.07) is 12.4. The van der Waals surface area contributed by atoms with Crippen molar-refractivity contribution in [3.8, 4) is 17.1 Å². The predicted molar refractivity (Wildman–Crippen MR) is 96.9 cm³/mol. The van der Waals surface area contributed by atoms with Crippen LogP contribution in [-0.2, 0) is 6.42 Å². The summed E-state index contributed by atoms with van der Waals surface area (Å²) in [5.74, 6) is 1.82. The summed E-state index contributed by atoms with van der Waals surface area (Å²) in [6.45, 7) is 2.94. The summed E-state index contributed by atoms with van der Waals surface area (Å²) < 4.78 is 3.16. The Bertz CT molecular complexity index is 1060. The first-order valence-corrected chi connectivity index (χ1v) is 8.81. The smallest absolute Gasteiger partial charge is 0.154 e. The molecule has 0 atom stereocenters. The van der Waals surface area contributed by atoms with Crippen LogP contribution < -0.4 is 5.32 Å². The van der Waals surface area contributed by atoms with E-state index in [1.54, 1.807) is 11.3 Å². The highest BCUT2D eigenvalue weighted by atomic mass is 32.1. The summed E-state index contributed by atoms with van der Waals surface area (Å²) in [6.07, 6.45) is 0.983. The van der Waals surface area contributed by atoms with Crippen LogP contribution in [0.2, 0.25) is 0 Å². The molecule has 0 saturated carbocycles. The van der Waals surface area contributed by atoms with Gasteiger partial charge in [-0.15, -0.1) is 16.4 Å². The van der Waals surface area contributed by atoms with E-state index in [9.17, 15) is 0 Å².